The maximum atomic E-state index is 13.0. The van der Waals surface area contributed by atoms with Gasteiger partial charge < -0.3 is 10.5 Å². The summed E-state index contributed by atoms with van der Waals surface area (Å²) < 4.78 is 7.16. The van der Waals surface area contributed by atoms with Gasteiger partial charge in [0, 0.05) is 16.1 Å². The predicted molar refractivity (Wildman–Crippen MR) is 102 cm³/mol. The van der Waals surface area contributed by atoms with Gasteiger partial charge in [-0.05, 0) is 38.1 Å². The number of carbonyl (C=O) groups is 2. The highest BCUT2D eigenvalue weighted by atomic mass is 35.5. The standard InChI is InChI=1S/C19H16Cl2N2O3/c1-10-17(18(22)24)13-5-3-4-6-15(13)23(10)19(25)11(2)26-16-8-7-12(20)9-14(16)21/h3-9,11H,1-2H3,(H2,22,24). The molecule has 7 heteroatoms. The van der Waals surface area contributed by atoms with Crippen LogP contribution in [0.5, 0.6) is 5.75 Å². The minimum Gasteiger partial charge on any atom is -0.479 e. The number of nitrogens with two attached hydrogens (primary N) is 1. The molecule has 5 nitrogen and oxygen atoms in total. The molecule has 2 N–H and O–H groups in total. The topological polar surface area (TPSA) is 74.3 Å². The second kappa shape index (κ2) is 7.02. The van der Waals surface area contributed by atoms with Crippen LogP contribution in [0.3, 0.4) is 0 Å². The number of ether oxygens (including phenoxy) is 1. The van der Waals surface area contributed by atoms with Crippen molar-refractivity contribution in [2.45, 2.75) is 20.0 Å². The van der Waals surface area contributed by atoms with Gasteiger partial charge in [-0.25, -0.2) is 0 Å². The molecule has 0 saturated carbocycles. The van der Waals surface area contributed by atoms with Gasteiger partial charge >= 0.3 is 0 Å². The predicted octanol–water partition coefficient (Wildman–Crippen LogP) is 4.46. The highest BCUT2D eigenvalue weighted by Crippen LogP contribution is 2.30. The lowest BCUT2D eigenvalue weighted by molar-refractivity contribution is 0.0731. The first-order chi connectivity index (χ1) is 12.3. The second-order valence-electron chi connectivity index (χ2n) is 5.85. The molecule has 1 heterocycles. The third-order valence-corrected chi connectivity index (χ3v) is 4.65. The van der Waals surface area contributed by atoms with E-state index in [1.54, 1.807) is 50.2 Å². The molecule has 3 rings (SSSR count). The molecule has 0 spiro atoms. The van der Waals surface area contributed by atoms with E-state index in [2.05, 4.69) is 0 Å². The van der Waals surface area contributed by atoms with E-state index >= 15 is 0 Å². The fourth-order valence-electron chi connectivity index (χ4n) is 2.96. The van der Waals surface area contributed by atoms with Crippen molar-refractivity contribution in [3.05, 3.63) is 63.8 Å². The Labute approximate surface area is 160 Å². The number of nitrogens with zero attached hydrogens (tertiary/aromatic N) is 1. The zero-order valence-electron chi connectivity index (χ0n) is 14.1. The number of hydrogen-bond donors (Lipinski definition) is 1. The lowest BCUT2D eigenvalue weighted by Gasteiger charge is -2.17. The normalized spacial score (nSPS) is 12.2. The van der Waals surface area contributed by atoms with E-state index in [4.69, 9.17) is 33.7 Å². The molecule has 1 amide bonds. The van der Waals surface area contributed by atoms with Crippen molar-refractivity contribution < 1.29 is 14.3 Å². The molecular formula is C19H16Cl2N2O3. The van der Waals surface area contributed by atoms with Crippen LogP contribution in [0.25, 0.3) is 10.9 Å². The maximum Gasteiger partial charge on any atom is 0.272 e. The third-order valence-electron chi connectivity index (χ3n) is 4.12. The fraction of sp³-hybridized carbons (Fsp3) is 0.158. The van der Waals surface area contributed by atoms with Crippen LogP contribution < -0.4 is 10.5 Å². The van der Waals surface area contributed by atoms with Crippen LogP contribution in [0, 0.1) is 6.92 Å². The molecule has 2 aromatic carbocycles. The molecule has 0 radical (unpaired) electrons. The van der Waals surface area contributed by atoms with Crippen molar-refractivity contribution >= 4 is 45.9 Å². The summed E-state index contributed by atoms with van der Waals surface area (Å²) in [5, 5.41) is 1.41. The summed E-state index contributed by atoms with van der Waals surface area (Å²) in [4.78, 5) is 24.9. The number of fused-ring (bicyclic) bond motifs is 1. The molecule has 0 bridgehead atoms. The Morgan fingerprint density at radius 1 is 1.15 bits per heavy atom. The zero-order valence-corrected chi connectivity index (χ0v) is 15.6. The quantitative estimate of drug-likeness (QED) is 0.714. The van der Waals surface area contributed by atoms with Crippen LogP contribution in [-0.2, 0) is 0 Å². The molecule has 1 atom stereocenters. The Balaban J connectivity index is 2.02. The minimum absolute atomic E-state index is 0.309. The molecule has 26 heavy (non-hydrogen) atoms. The Hall–Kier alpha value is -2.50. The number of carbonyl (C=O) groups excluding carboxylic acids is 2. The zero-order chi connectivity index (χ0) is 19.0. The first kappa shape index (κ1) is 18.3. The Bertz CT molecular complexity index is 1030. The van der Waals surface area contributed by atoms with E-state index < -0.39 is 12.0 Å². The second-order valence-corrected chi connectivity index (χ2v) is 6.69. The van der Waals surface area contributed by atoms with E-state index in [-0.39, 0.29) is 5.91 Å². The lowest BCUT2D eigenvalue weighted by Crippen LogP contribution is -2.30. The monoisotopic (exact) mass is 390 g/mol. The third kappa shape index (κ3) is 3.16. The van der Waals surface area contributed by atoms with Gasteiger partial charge in [-0.3, -0.25) is 14.2 Å². The summed E-state index contributed by atoms with van der Waals surface area (Å²) in [6.07, 6.45) is -0.844. The average molecular weight is 391 g/mol. The molecule has 134 valence electrons. The number of primary amides is 1. The van der Waals surface area contributed by atoms with Gasteiger partial charge in [0.15, 0.2) is 6.10 Å². The first-order valence-corrected chi connectivity index (χ1v) is 8.62. The summed E-state index contributed by atoms with van der Waals surface area (Å²) in [6, 6.07) is 11.9. The molecular weight excluding hydrogens is 375 g/mol. The molecule has 0 fully saturated rings. The van der Waals surface area contributed by atoms with Gasteiger partial charge in [-0.1, -0.05) is 41.4 Å². The van der Waals surface area contributed by atoms with Gasteiger partial charge in [0.1, 0.15) is 5.75 Å². The Kier molecular flexibility index (Phi) is 4.94. The first-order valence-electron chi connectivity index (χ1n) is 7.87. The van der Waals surface area contributed by atoms with Gasteiger partial charge in [0.2, 0.25) is 0 Å². The summed E-state index contributed by atoms with van der Waals surface area (Å²) in [7, 11) is 0. The molecule has 1 unspecified atom stereocenters. The summed E-state index contributed by atoms with van der Waals surface area (Å²) >= 11 is 12.0. The number of benzene rings is 2. The molecule has 1 aromatic heterocycles. The SMILES string of the molecule is Cc1c(C(N)=O)c2ccccc2n1C(=O)C(C)Oc1ccc(Cl)cc1Cl. The van der Waals surface area contributed by atoms with Crippen LogP contribution in [-0.4, -0.2) is 22.5 Å². The fourth-order valence-corrected chi connectivity index (χ4v) is 3.41. The van der Waals surface area contributed by atoms with Crippen LogP contribution >= 0.6 is 23.2 Å². The van der Waals surface area contributed by atoms with Crippen molar-refractivity contribution in [2.75, 3.05) is 0 Å². The van der Waals surface area contributed by atoms with E-state index in [0.717, 1.165) is 0 Å². The average Bonchev–Trinajstić information content (AvgIpc) is 2.88. The van der Waals surface area contributed by atoms with Crippen molar-refractivity contribution in [1.29, 1.82) is 0 Å². The Morgan fingerprint density at radius 3 is 2.50 bits per heavy atom. The molecule has 0 saturated heterocycles. The number of amides is 1. The number of rotatable bonds is 4. The van der Waals surface area contributed by atoms with E-state index in [9.17, 15) is 9.59 Å². The number of para-hydroxylation sites is 1. The van der Waals surface area contributed by atoms with E-state index in [1.165, 1.54) is 10.6 Å². The minimum atomic E-state index is -0.844. The number of halogens is 2. The van der Waals surface area contributed by atoms with Crippen LogP contribution in [0.1, 0.15) is 27.8 Å². The largest absolute Gasteiger partial charge is 0.479 e. The summed E-state index contributed by atoms with van der Waals surface area (Å²) in [6.45, 7) is 3.30. The van der Waals surface area contributed by atoms with Crippen LogP contribution in [0.15, 0.2) is 42.5 Å². The van der Waals surface area contributed by atoms with E-state index in [1.807, 2.05) is 0 Å². The van der Waals surface area contributed by atoms with Crippen LogP contribution in [0.2, 0.25) is 10.0 Å². The van der Waals surface area contributed by atoms with Gasteiger partial charge in [-0.15, -0.1) is 0 Å². The number of aromatic nitrogens is 1. The van der Waals surface area contributed by atoms with Crippen LogP contribution in [0.4, 0.5) is 0 Å². The maximum absolute atomic E-state index is 13.0. The molecule has 3 aromatic rings. The van der Waals surface area contributed by atoms with Gasteiger partial charge in [0.05, 0.1) is 16.1 Å². The smallest absolute Gasteiger partial charge is 0.272 e. The van der Waals surface area contributed by atoms with E-state index in [0.29, 0.717) is 38.0 Å². The van der Waals surface area contributed by atoms with Crippen molar-refractivity contribution in [2.24, 2.45) is 5.73 Å². The molecule has 0 aliphatic carbocycles. The number of hydrogen-bond acceptors (Lipinski definition) is 3. The van der Waals surface area contributed by atoms with Gasteiger partial charge in [-0.2, -0.15) is 0 Å². The molecule has 0 aliphatic rings. The van der Waals surface area contributed by atoms with Gasteiger partial charge in [0.25, 0.3) is 11.8 Å². The van der Waals surface area contributed by atoms with Crippen molar-refractivity contribution in [3.63, 3.8) is 0 Å². The Morgan fingerprint density at radius 2 is 1.85 bits per heavy atom. The highest BCUT2D eigenvalue weighted by molar-refractivity contribution is 6.35. The lowest BCUT2D eigenvalue weighted by atomic mass is 10.1. The summed E-state index contributed by atoms with van der Waals surface area (Å²) in [5.41, 5.74) is 6.90. The van der Waals surface area contributed by atoms with Crippen molar-refractivity contribution in [3.8, 4) is 5.75 Å². The molecule has 0 aliphatic heterocycles. The van der Waals surface area contributed by atoms with Crippen molar-refractivity contribution in [1.82, 2.24) is 4.57 Å². The highest BCUT2D eigenvalue weighted by Gasteiger charge is 2.25. The summed E-state index contributed by atoms with van der Waals surface area (Å²) in [5.74, 6) is -0.571.